The zero-order valence-corrected chi connectivity index (χ0v) is 25.6. The molecule has 2 aromatic carbocycles. The molecule has 0 bridgehead atoms. The molecule has 1 heterocycles. The van der Waals surface area contributed by atoms with Gasteiger partial charge >= 0.3 is 18.0 Å². The standard InChI is InChI=1S/C33H39NO9/c1-8-41-26(36)25-31(6,28(38)42-9-2)32(7,40)22(19-35)24(20-15-11-10-12-16-20)33(25)21-17-13-14-18-23(21)34(27(33)37)29(39)43-30(3,4)5/h10-19,22,24-25,40H,8-9H2,1-7H3/t22-,24-,25+,31-,32-,33-/m0/s1. The molecular weight excluding hydrogens is 554 g/mol. The molecule has 1 spiro atoms. The Morgan fingerprint density at radius 2 is 1.53 bits per heavy atom. The van der Waals surface area contributed by atoms with Crippen LogP contribution in [0.4, 0.5) is 10.5 Å². The van der Waals surface area contributed by atoms with Crippen LogP contribution in [0.25, 0.3) is 0 Å². The molecule has 2 aliphatic rings. The van der Waals surface area contributed by atoms with Crippen molar-refractivity contribution in [1.29, 1.82) is 0 Å². The Kier molecular flexibility index (Phi) is 8.32. The minimum absolute atomic E-state index is 0.102. The Labute approximate surface area is 251 Å². The molecule has 1 fully saturated rings. The van der Waals surface area contributed by atoms with Crippen molar-refractivity contribution in [2.45, 2.75) is 71.0 Å². The Balaban J connectivity index is 2.22. The molecule has 1 aliphatic heterocycles. The van der Waals surface area contributed by atoms with Crippen LogP contribution in [-0.2, 0) is 38.8 Å². The van der Waals surface area contributed by atoms with Crippen LogP contribution >= 0.6 is 0 Å². The van der Waals surface area contributed by atoms with Crippen molar-refractivity contribution >= 4 is 35.9 Å². The minimum atomic E-state index is -2.22. The van der Waals surface area contributed by atoms with Crippen molar-refractivity contribution in [3.63, 3.8) is 0 Å². The van der Waals surface area contributed by atoms with E-state index in [4.69, 9.17) is 14.2 Å². The third kappa shape index (κ3) is 4.63. The van der Waals surface area contributed by atoms with Crippen molar-refractivity contribution in [2.75, 3.05) is 18.1 Å². The zero-order valence-electron chi connectivity index (χ0n) is 25.6. The number of carbonyl (C=O) groups is 5. The van der Waals surface area contributed by atoms with E-state index in [1.807, 2.05) is 0 Å². The highest BCUT2D eigenvalue weighted by atomic mass is 16.6. The lowest BCUT2D eigenvalue weighted by Crippen LogP contribution is -2.74. The second-order valence-corrected chi connectivity index (χ2v) is 12.3. The molecule has 10 heteroatoms. The smallest absolute Gasteiger partial charge is 0.421 e. The fraction of sp³-hybridized carbons (Fsp3) is 0.485. The Morgan fingerprint density at radius 3 is 2.09 bits per heavy atom. The van der Waals surface area contributed by atoms with Crippen LogP contribution in [0.2, 0.25) is 0 Å². The van der Waals surface area contributed by atoms with E-state index in [-0.39, 0.29) is 24.5 Å². The maximum atomic E-state index is 15.2. The molecule has 0 saturated heterocycles. The molecule has 10 nitrogen and oxygen atoms in total. The van der Waals surface area contributed by atoms with Crippen molar-refractivity contribution in [1.82, 2.24) is 0 Å². The van der Waals surface area contributed by atoms with E-state index in [0.717, 1.165) is 4.90 Å². The average molecular weight is 594 g/mol. The fourth-order valence-electron chi connectivity index (χ4n) is 6.97. The molecule has 6 atom stereocenters. The number of nitrogens with zero attached hydrogens (tertiary/aromatic N) is 1. The van der Waals surface area contributed by atoms with Gasteiger partial charge in [-0.1, -0.05) is 48.5 Å². The van der Waals surface area contributed by atoms with E-state index in [0.29, 0.717) is 11.8 Å². The predicted octanol–water partition coefficient (Wildman–Crippen LogP) is 4.32. The number of aldehydes is 1. The first-order valence-electron chi connectivity index (χ1n) is 14.4. The van der Waals surface area contributed by atoms with Crippen LogP contribution in [0.15, 0.2) is 54.6 Å². The van der Waals surface area contributed by atoms with Gasteiger partial charge in [-0.25, -0.2) is 9.69 Å². The average Bonchev–Trinajstić information content (AvgIpc) is 3.18. The van der Waals surface area contributed by atoms with Crippen LogP contribution in [-0.4, -0.2) is 59.7 Å². The zero-order chi connectivity index (χ0) is 32.0. The Bertz CT molecular complexity index is 1430. The van der Waals surface area contributed by atoms with Gasteiger partial charge in [-0.3, -0.25) is 14.4 Å². The van der Waals surface area contributed by atoms with Crippen LogP contribution in [0, 0.1) is 17.3 Å². The van der Waals surface area contributed by atoms with Gasteiger partial charge in [-0.2, -0.15) is 0 Å². The lowest BCUT2D eigenvalue weighted by molar-refractivity contribution is -0.220. The lowest BCUT2D eigenvalue weighted by Gasteiger charge is -2.60. The van der Waals surface area contributed by atoms with Crippen molar-refractivity contribution in [2.24, 2.45) is 17.3 Å². The van der Waals surface area contributed by atoms with Crippen LogP contribution in [0.3, 0.4) is 0 Å². The molecule has 2 amide bonds. The number of esters is 2. The molecule has 1 saturated carbocycles. The molecule has 1 N–H and O–H groups in total. The van der Waals surface area contributed by atoms with E-state index in [9.17, 15) is 24.3 Å². The lowest BCUT2D eigenvalue weighted by atomic mass is 9.40. The number of ether oxygens (including phenoxy) is 3. The van der Waals surface area contributed by atoms with Gasteiger partial charge in [0.05, 0.1) is 41.8 Å². The molecule has 0 radical (unpaired) electrons. The van der Waals surface area contributed by atoms with Crippen LogP contribution in [0.5, 0.6) is 0 Å². The Hall–Kier alpha value is -4.05. The van der Waals surface area contributed by atoms with Crippen molar-refractivity contribution < 1.29 is 43.3 Å². The summed E-state index contributed by atoms with van der Waals surface area (Å²) in [6.45, 7) is 10.5. The van der Waals surface area contributed by atoms with E-state index >= 15 is 4.79 Å². The first kappa shape index (κ1) is 31.9. The summed E-state index contributed by atoms with van der Waals surface area (Å²) in [4.78, 5) is 71.2. The van der Waals surface area contributed by atoms with E-state index in [2.05, 4.69) is 0 Å². The molecule has 0 aromatic heterocycles. The third-order valence-corrected chi connectivity index (χ3v) is 8.83. The quantitative estimate of drug-likeness (QED) is 0.295. The minimum Gasteiger partial charge on any atom is -0.466 e. The number of amides is 2. The Morgan fingerprint density at radius 1 is 0.953 bits per heavy atom. The highest BCUT2D eigenvalue weighted by Gasteiger charge is 2.79. The molecule has 2 aromatic rings. The van der Waals surface area contributed by atoms with Gasteiger partial charge in [-0.05, 0) is 65.7 Å². The first-order valence-corrected chi connectivity index (χ1v) is 14.4. The van der Waals surface area contributed by atoms with E-state index < -0.39 is 63.7 Å². The molecule has 1 aliphatic carbocycles. The number of imide groups is 1. The monoisotopic (exact) mass is 593 g/mol. The summed E-state index contributed by atoms with van der Waals surface area (Å²) in [6.07, 6.45) is -0.487. The number of anilines is 1. The summed E-state index contributed by atoms with van der Waals surface area (Å²) >= 11 is 0. The van der Waals surface area contributed by atoms with Gasteiger partial charge in [0.15, 0.2) is 0 Å². The highest BCUT2D eigenvalue weighted by Crippen LogP contribution is 2.68. The van der Waals surface area contributed by atoms with E-state index in [1.54, 1.807) is 89.2 Å². The molecule has 43 heavy (non-hydrogen) atoms. The summed E-state index contributed by atoms with van der Waals surface area (Å²) in [6, 6.07) is 14.9. The second kappa shape index (κ2) is 11.2. The first-order chi connectivity index (χ1) is 20.2. The summed E-state index contributed by atoms with van der Waals surface area (Å²) in [5.74, 6) is -7.22. The molecule has 0 unspecified atom stereocenters. The van der Waals surface area contributed by atoms with Crippen LogP contribution < -0.4 is 4.90 Å². The third-order valence-electron chi connectivity index (χ3n) is 8.83. The van der Waals surface area contributed by atoms with Crippen molar-refractivity contribution in [3.8, 4) is 0 Å². The number of benzene rings is 2. The van der Waals surface area contributed by atoms with Gasteiger partial charge in [0.2, 0.25) is 5.91 Å². The summed E-state index contributed by atoms with van der Waals surface area (Å²) in [7, 11) is 0. The summed E-state index contributed by atoms with van der Waals surface area (Å²) in [5.41, 5.74) is -6.70. The normalized spacial score (nSPS) is 30.0. The number of aliphatic hydroxyl groups is 1. The second-order valence-electron chi connectivity index (χ2n) is 12.3. The van der Waals surface area contributed by atoms with E-state index in [1.165, 1.54) is 13.8 Å². The molecular formula is C33H39NO9. The number of hydrogen-bond donors (Lipinski definition) is 1. The SMILES string of the molecule is CCOC(=O)[C@H]1[C@@]2(C(=O)N(C(=O)OC(C)(C)C)c3ccccc32)[C@@H](c2ccccc2)[C@H](C=O)[C@](C)(O)[C@]1(C)C(=O)OCC. The van der Waals surface area contributed by atoms with Gasteiger partial charge < -0.3 is 24.1 Å². The number of carbonyl (C=O) groups excluding carboxylic acids is 5. The predicted molar refractivity (Wildman–Crippen MR) is 156 cm³/mol. The molecule has 230 valence electrons. The number of fused-ring (bicyclic) bond motifs is 2. The summed E-state index contributed by atoms with van der Waals surface area (Å²) < 4.78 is 16.6. The largest absolute Gasteiger partial charge is 0.466 e. The van der Waals surface area contributed by atoms with Gasteiger partial charge in [0, 0.05) is 5.92 Å². The van der Waals surface area contributed by atoms with Gasteiger partial charge in [-0.15, -0.1) is 0 Å². The number of para-hydroxylation sites is 1. The highest BCUT2D eigenvalue weighted by molar-refractivity contribution is 6.23. The fourth-order valence-corrected chi connectivity index (χ4v) is 6.97. The maximum Gasteiger partial charge on any atom is 0.421 e. The molecule has 4 rings (SSSR count). The van der Waals surface area contributed by atoms with Crippen molar-refractivity contribution in [3.05, 3.63) is 65.7 Å². The van der Waals surface area contributed by atoms with Gasteiger partial charge in [0.1, 0.15) is 17.3 Å². The summed E-state index contributed by atoms with van der Waals surface area (Å²) in [5, 5.41) is 12.3. The topological polar surface area (TPSA) is 137 Å². The number of hydrogen-bond acceptors (Lipinski definition) is 9. The maximum absolute atomic E-state index is 15.2. The van der Waals surface area contributed by atoms with Gasteiger partial charge in [0.25, 0.3) is 0 Å². The number of rotatable bonds is 6. The van der Waals surface area contributed by atoms with Crippen LogP contribution in [0.1, 0.15) is 65.5 Å².